The standard InChI is InChI=1S/C11H18N4O3/c12-9(16)8-2-1-5-15(8)11(18)10(17)14-6-3-13-4-7-14/h8,13H,1-7H2,(H2,12,16). The van der Waals surface area contributed by atoms with E-state index in [1.54, 1.807) is 0 Å². The number of amides is 3. The Hall–Kier alpha value is -1.63. The number of carbonyl (C=O) groups excluding carboxylic acids is 3. The quantitative estimate of drug-likeness (QED) is 0.524. The molecular formula is C11H18N4O3. The monoisotopic (exact) mass is 254 g/mol. The van der Waals surface area contributed by atoms with E-state index in [0.29, 0.717) is 45.6 Å². The number of piperazine rings is 1. The van der Waals surface area contributed by atoms with E-state index in [4.69, 9.17) is 5.73 Å². The smallest absolute Gasteiger partial charge is 0.312 e. The maximum atomic E-state index is 12.1. The first-order chi connectivity index (χ1) is 8.61. The molecule has 3 N–H and O–H groups in total. The Morgan fingerprint density at radius 2 is 1.72 bits per heavy atom. The van der Waals surface area contributed by atoms with Crippen molar-refractivity contribution in [1.29, 1.82) is 0 Å². The first-order valence-electron chi connectivity index (χ1n) is 6.21. The molecule has 0 saturated carbocycles. The number of rotatable bonds is 1. The van der Waals surface area contributed by atoms with Gasteiger partial charge in [-0.15, -0.1) is 0 Å². The molecular weight excluding hydrogens is 236 g/mol. The minimum Gasteiger partial charge on any atom is -0.368 e. The van der Waals surface area contributed by atoms with Crippen LogP contribution in [0.25, 0.3) is 0 Å². The molecule has 3 amide bonds. The number of nitrogens with two attached hydrogens (primary N) is 1. The molecule has 18 heavy (non-hydrogen) atoms. The number of nitrogens with zero attached hydrogens (tertiary/aromatic N) is 2. The van der Waals surface area contributed by atoms with Crippen LogP contribution < -0.4 is 11.1 Å². The highest BCUT2D eigenvalue weighted by atomic mass is 16.2. The van der Waals surface area contributed by atoms with Crippen molar-refractivity contribution >= 4 is 17.7 Å². The number of carbonyl (C=O) groups is 3. The van der Waals surface area contributed by atoms with Gasteiger partial charge in [0.1, 0.15) is 6.04 Å². The third-order valence-corrected chi connectivity index (χ3v) is 3.43. The Balaban J connectivity index is 2.01. The highest BCUT2D eigenvalue weighted by molar-refractivity contribution is 6.35. The van der Waals surface area contributed by atoms with Crippen LogP contribution in [-0.2, 0) is 14.4 Å². The van der Waals surface area contributed by atoms with Gasteiger partial charge in [0.05, 0.1) is 0 Å². The second kappa shape index (κ2) is 5.34. The van der Waals surface area contributed by atoms with Crippen LogP contribution in [0.2, 0.25) is 0 Å². The first kappa shape index (κ1) is 12.8. The van der Waals surface area contributed by atoms with E-state index in [1.807, 2.05) is 0 Å². The fraction of sp³-hybridized carbons (Fsp3) is 0.727. The summed E-state index contributed by atoms with van der Waals surface area (Å²) < 4.78 is 0. The molecule has 0 aromatic heterocycles. The van der Waals surface area contributed by atoms with Gasteiger partial charge in [-0.3, -0.25) is 14.4 Å². The molecule has 0 aliphatic carbocycles. The van der Waals surface area contributed by atoms with Crippen LogP contribution in [0.1, 0.15) is 12.8 Å². The van der Waals surface area contributed by atoms with Crippen molar-refractivity contribution in [2.24, 2.45) is 5.73 Å². The molecule has 0 radical (unpaired) electrons. The summed E-state index contributed by atoms with van der Waals surface area (Å²) in [7, 11) is 0. The molecule has 100 valence electrons. The van der Waals surface area contributed by atoms with Crippen molar-refractivity contribution < 1.29 is 14.4 Å². The Bertz CT molecular complexity index is 365. The third kappa shape index (κ3) is 2.45. The summed E-state index contributed by atoms with van der Waals surface area (Å²) in [4.78, 5) is 38.1. The largest absolute Gasteiger partial charge is 0.368 e. The lowest BCUT2D eigenvalue weighted by Crippen LogP contribution is -2.54. The summed E-state index contributed by atoms with van der Waals surface area (Å²) >= 11 is 0. The van der Waals surface area contributed by atoms with Gasteiger partial charge in [0.2, 0.25) is 5.91 Å². The van der Waals surface area contributed by atoms with Crippen molar-refractivity contribution in [3.05, 3.63) is 0 Å². The minimum absolute atomic E-state index is 0.435. The van der Waals surface area contributed by atoms with E-state index >= 15 is 0 Å². The molecule has 2 heterocycles. The summed E-state index contributed by atoms with van der Waals surface area (Å²) in [6.07, 6.45) is 1.27. The second-order valence-electron chi connectivity index (χ2n) is 4.60. The predicted molar refractivity (Wildman–Crippen MR) is 63.4 cm³/mol. The Morgan fingerprint density at radius 1 is 1.06 bits per heavy atom. The fourth-order valence-electron chi connectivity index (χ4n) is 2.43. The third-order valence-electron chi connectivity index (χ3n) is 3.43. The molecule has 0 aromatic rings. The zero-order chi connectivity index (χ0) is 13.1. The molecule has 2 aliphatic rings. The van der Waals surface area contributed by atoms with Gasteiger partial charge in [-0.1, -0.05) is 0 Å². The van der Waals surface area contributed by atoms with E-state index in [9.17, 15) is 14.4 Å². The van der Waals surface area contributed by atoms with Crippen LogP contribution in [-0.4, -0.2) is 66.3 Å². The number of hydrogen-bond donors (Lipinski definition) is 2. The normalized spacial score (nSPS) is 24.1. The highest BCUT2D eigenvalue weighted by Crippen LogP contribution is 2.17. The van der Waals surface area contributed by atoms with Gasteiger partial charge in [0.15, 0.2) is 0 Å². The van der Waals surface area contributed by atoms with Crippen molar-refractivity contribution in [1.82, 2.24) is 15.1 Å². The summed E-state index contributed by atoms with van der Waals surface area (Å²) in [5.41, 5.74) is 5.24. The topological polar surface area (TPSA) is 95.7 Å². The average molecular weight is 254 g/mol. The molecule has 7 heteroatoms. The number of likely N-dealkylation sites (tertiary alicyclic amines) is 1. The maximum Gasteiger partial charge on any atom is 0.312 e. The molecule has 1 atom stereocenters. The lowest BCUT2D eigenvalue weighted by Gasteiger charge is -2.29. The lowest BCUT2D eigenvalue weighted by atomic mass is 10.2. The highest BCUT2D eigenvalue weighted by Gasteiger charge is 2.37. The van der Waals surface area contributed by atoms with Gasteiger partial charge >= 0.3 is 11.8 Å². The molecule has 1 unspecified atom stereocenters. The minimum atomic E-state index is -0.621. The first-order valence-corrected chi connectivity index (χ1v) is 6.21. The average Bonchev–Trinajstić information content (AvgIpc) is 2.87. The number of nitrogens with one attached hydrogen (secondary N) is 1. The van der Waals surface area contributed by atoms with Gasteiger partial charge in [0, 0.05) is 32.7 Å². The Morgan fingerprint density at radius 3 is 2.33 bits per heavy atom. The second-order valence-corrected chi connectivity index (χ2v) is 4.60. The van der Waals surface area contributed by atoms with Crippen LogP contribution in [0.4, 0.5) is 0 Å². The summed E-state index contributed by atoms with van der Waals surface area (Å²) in [5.74, 6) is -1.66. The molecule has 2 saturated heterocycles. The van der Waals surface area contributed by atoms with Crippen LogP contribution in [0.3, 0.4) is 0 Å². The zero-order valence-electron chi connectivity index (χ0n) is 10.2. The number of hydrogen-bond acceptors (Lipinski definition) is 4. The van der Waals surface area contributed by atoms with Gasteiger partial charge in [0.25, 0.3) is 0 Å². The van der Waals surface area contributed by atoms with Gasteiger partial charge in [-0.05, 0) is 12.8 Å². The molecule has 7 nitrogen and oxygen atoms in total. The molecule has 2 aliphatic heterocycles. The fourth-order valence-corrected chi connectivity index (χ4v) is 2.43. The molecule has 0 spiro atoms. The van der Waals surface area contributed by atoms with Gasteiger partial charge in [-0.25, -0.2) is 0 Å². The Labute approximate surface area is 105 Å². The van der Waals surface area contributed by atoms with Crippen molar-refractivity contribution in [2.45, 2.75) is 18.9 Å². The molecule has 2 fully saturated rings. The van der Waals surface area contributed by atoms with Crippen molar-refractivity contribution in [3.63, 3.8) is 0 Å². The van der Waals surface area contributed by atoms with E-state index in [1.165, 1.54) is 9.80 Å². The van der Waals surface area contributed by atoms with Gasteiger partial charge < -0.3 is 20.9 Å². The van der Waals surface area contributed by atoms with Gasteiger partial charge in [-0.2, -0.15) is 0 Å². The van der Waals surface area contributed by atoms with Crippen molar-refractivity contribution in [2.75, 3.05) is 32.7 Å². The molecule has 2 rings (SSSR count). The summed E-state index contributed by atoms with van der Waals surface area (Å²) in [6, 6.07) is -0.621. The van der Waals surface area contributed by atoms with E-state index in [-0.39, 0.29) is 0 Å². The zero-order valence-corrected chi connectivity index (χ0v) is 10.2. The summed E-state index contributed by atoms with van der Waals surface area (Å²) in [6.45, 7) is 2.88. The SMILES string of the molecule is NC(=O)C1CCCN1C(=O)C(=O)N1CCNCC1. The van der Waals surface area contributed by atoms with E-state index in [2.05, 4.69) is 5.32 Å². The van der Waals surface area contributed by atoms with Crippen LogP contribution in [0, 0.1) is 0 Å². The lowest BCUT2D eigenvalue weighted by molar-refractivity contribution is -0.153. The summed E-state index contributed by atoms with van der Waals surface area (Å²) in [5, 5.41) is 3.11. The van der Waals surface area contributed by atoms with Crippen molar-refractivity contribution in [3.8, 4) is 0 Å². The predicted octanol–water partition coefficient (Wildman–Crippen LogP) is -2.11. The van der Waals surface area contributed by atoms with Crippen LogP contribution in [0.15, 0.2) is 0 Å². The maximum absolute atomic E-state index is 12.1. The molecule has 0 bridgehead atoms. The van der Waals surface area contributed by atoms with E-state index in [0.717, 1.165) is 0 Å². The number of primary amides is 1. The Kier molecular flexibility index (Phi) is 3.81. The van der Waals surface area contributed by atoms with E-state index < -0.39 is 23.8 Å². The molecule has 0 aromatic carbocycles. The van der Waals surface area contributed by atoms with Crippen LogP contribution >= 0.6 is 0 Å². The van der Waals surface area contributed by atoms with Crippen LogP contribution in [0.5, 0.6) is 0 Å².